The van der Waals surface area contributed by atoms with Crippen molar-refractivity contribution in [3.8, 4) is 0 Å². The molecule has 27 heavy (non-hydrogen) atoms. The van der Waals surface area contributed by atoms with Crippen LogP contribution in [0.3, 0.4) is 0 Å². The lowest BCUT2D eigenvalue weighted by molar-refractivity contribution is 0.0589. The first-order valence-corrected chi connectivity index (χ1v) is 9.94. The third kappa shape index (κ3) is 5.24. The number of nitrogens with two attached hydrogens (primary N) is 1. The zero-order chi connectivity index (χ0) is 21.0. The molecule has 0 aliphatic heterocycles. The Morgan fingerprint density at radius 1 is 1.19 bits per heavy atom. The third-order valence-electron chi connectivity index (χ3n) is 3.28. The van der Waals surface area contributed by atoms with E-state index in [4.69, 9.17) is 24.3 Å². The summed E-state index contributed by atoms with van der Waals surface area (Å²) in [6, 6.07) is 0. The van der Waals surface area contributed by atoms with Crippen LogP contribution in [0.25, 0.3) is 0 Å². The average molecular weight is 405 g/mol. The minimum Gasteiger partial charge on any atom is -0.465 e. The van der Waals surface area contributed by atoms with E-state index in [1.54, 1.807) is 34.6 Å². The van der Waals surface area contributed by atoms with Gasteiger partial charge in [-0.3, -0.25) is 4.57 Å². The number of hydrogen-bond acceptors (Lipinski definition) is 8. The number of hydrogen-bond donors (Lipinski definition) is 2. The first-order chi connectivity index (χ1) is 12.4. The summed E-state index contributed by atoms with van der Waals surface area (Å²) in [5.74, 6) is -0.970. The number of nitrogen functional groups attached to an aromatic ring is 1. The van der Waals surface area contributed by atoms with Crippen LogP contribution in [-0.2, 0) is 23.1 Å². The van der Waals surface area contributed by atoms with Crippen molar-refractivity contribution in [3.63, 3.8) is 0 Å². The van der Waals surface area contributed by atoms with Gasteiger partial charge in [0.25, 0.3) is 0 Å². The van der Waals surface area contributed by atoms with Gasteiger partial charge in [0.1, 0.15) is 16.7 Å². The minimum absolute atomic E-state index is 0.0566. The number of methoxy groups -OCH3 is 1. The van der Waals surface area contributed by atoms with Gasteiger partial charge in [0, 0.05) is 0 Å². The van der Waals surface area contributed by atoms with E-state index >= 15 is 0 Å². The number of carbonyl (C=O) groups is 2. The Kier molecular flexibility index (Phi) is 7.48. The Balaban J connectivity index is 3.57. The van der Waals surface area contributed by atoms with Crippen LogP contribution in [0.2, 0.25) is 0 Å². The molecule has 0 saturated carbocycles. The van der Waals surface area contributed by atoms with Gasteiger partial charge >= 0.3 is 19.7 Å². The topological polar surface area (TPSA) is 131 Å². The molecule has 0 bridgehead atoms. The Morgan fingerprint density at radius 2 is 1.70 bits per heavy atom. The lowest BCUT2D eigenvalue weighted by Crippen LogP contribution is -2.33. The minimum atomic E-state index is -3.94. The van der Waals surface area contributed by atoms with E-state index in [9.17, 15) is 14.2 Å². The molecule has 1 rings (SSSR count). The van der Waals surface area contributed by atoms with Gasteiger partial charge in [0.05, 0.1) is 31.6 Å². The molecule has 0 aliphatic carbocycles. The van der Waals surface area contributed by atoms with E-state index in [-0.39, 0.29) is 35.6 Å². The van der Waals surface area contributed by atoms with Crippen LogP contribution in [0.1, 0.15) is 50.7 Å². The van der Waals surface area contributed by atoms with Crippen molar-refractivity contribution in [3.05, 3.63) is 11.3 Å². The van der Waals surface area contributed by atoms with Gasteiger partial charge in [0.2, 0.25) is 0 Å². The van der Waals surface area contributed by atoms with Crippen LogP contribution >= 0.6 is 7.60 Å². The maximum Gasteiger partial charge on any atom is 0.427 e. The number of esters is 1. The van der Waals surface area contributed by atoms with Crippen molar-refractivity contribution < 1.29 is 32.7 Å². The Hall–Kier alpha value is -2.03. The molecule has 3 N–H and O–H groups in total. The molecule has 0 fully saturated rings. The van der Waals surface area contributed by atoms with Gasteiger partial charge in [-0.15, -0.1) is 0 Å². The van der Waals surface area contributed by atoms with Gasteiger partial charge in [-0.05, 0) is 41.5 Å². The fraction of sp³-hybridized carbons (Fsp3) is 0.625. The summed E-state index contributed by atoms with van der Waals surface area (Å²) in [5, 5.41) is -0.161. The van der Waals surface area contributed by atoms with Gasteiger partial charge in [-0.2, -0.15) is 0 Å². The average Bonchev–Trinajstić information content (AvgIpc) is 2.78. The second kappa shape index (κ2) is 8.77. The standard InChI is InChI=1S/C16H28N3O7P/c1-8-24-27(22,25-9-2)12-11(14(20)23-7)10(3)19(13(12)17)18-15(21)26-16(4,5)6/h8-9,17H2,1-7H3,(H,18,21). The van der Waals surface area contributed by atoms with Gasteiger partial charge in [0.15, 0.2) is 0 Å². The molecule has 1 heterocycles. The molecule has 1 aromatic heterocycles. The van der Waals surface area contributed by atoms with E-state index < -0.39 is 25.3 Å². The van der Waals surface area contributed by atoms with E-state index in [2.05, 4.69) is 5.43 Å². The molecular weight excluding hydrogens is 377 g/mol. The maximum absolute atomic E-state index is 13.3. The monoisotopic (exact) mass is 405 g/mol. The highest BCUT2D eigenvalue weighted by molar-refractivity contribution is 7.62. The predicted octanol–water partition coefficient (Wildman–Crippen LogP) is 2.54. The Bertz CT molecular complexity index is 742. The lowest BCUT2D eigenvalue weighted by Gasteiger charge is -2.21. The summed E-state index contributed by atoms with van der Waals surface area (Å²) in [6.07, 6.45) is -0.807. The van der Waals surface area contributed by atoms with Gasteiger partial charge in [-0.25, -0.2) is 19.7 Å². The van der Waals surface area contributed by atoms with E-state index in [0.29, 0.717) is 0 Å². The van der Waals surface area contributed by atoms with Crippen molar-refractivity contribution in [2.24, 2.45) is 0 Å². The smallest absolute Gasteiger partial charge is 0.427 e. The molecular formula is C16H28N3O7P. The summed E-state index contributed by atoms with van der Waals surface area (Å²) in [5.41, 5.74) is 7.87. The van der Waals surface area contributed by atoms with Gasteiger partial charge in [-0.1, -0.05) is 0 Å². The molecule has 0 saturated heterocycles. The molecule has 0 aromatic carbocycles. The number of aromatic nitrogens is 1. The number of amides is 1. The van der Waals surface area contributed by atoms with E-state index in [0.717, 1.165) is 4.68 Å². The number of ether oxygens (including phenoxy) is 2. The summed E-state index contributed by atoms with van der Waals surface area (Å²) in [6.45, 7) is 9.96. The summed E-state index contributed by atoms with van der Waals surface area (Å²) in [4.78, 5) is 24.5. The summed E-state index contributed by atoms with van der Waals surface area (Å²) in [7, 11) is -2.77. The highest BCUT2D eigenvalue weighted by Gasteiger charge is 2.40. The molecule has 0 unspecified atom stereocenters. The molecule has 1 amide bonds. The van der Waals surface area contributed by atoms with Crippen molar-refractivity contribution >= 4 is 30.8 Å². The highest BCUT2D eigenvalue weighted by atomic mass is 31.2. The summed E-state index contributed by atoms with van der Waals surface area (Å²) < 4.78 is 35.0. The van der Waals surface area contributed by atoms with Crippen molar-refractivity contribution in [1.82, 2.24) is 4.68 Å². The number of nitrogens with zero attached hydrogens (tertiary/aromatic N) is 1. The van der Waals surface area contributed by atoms with Crippen molar-refractivity contribution in [2.45, 2.75) is 47.1 Å². The Labute approximate surface area is 158 Å². The third-order valence-corrected chi connectivity index (χ3v) is 5.48. The zero-order valence-electron chi connectivity index (χ0n) is 16.7. The Morgan fingerprint density at radius 3 is 2.11 bits per heavy atom. The molecule has 0 atom stereocenters. The summed E-state index contributed by atoms with van der Waals surface area (Å²) >= 11 is 0. The first-order valence-electron chi connectivity index (χ1n) is 8.40. The van der Waals surface area contributed by atoms with Crippen LogP contribution in [0.4, 0.5) is 10.6 Å². The second-order valence-electron chi connectivity index (χ2n) is 6.47. The molecule has 154 valence electrons. The fourth-order valence-corrected chi connectivity index (χ4v) is 4.28. The second-order valence-corrected chi connectivity index (χ2v) is 8.43. The molecule has 0 spiro atoms. The van der Waals surface area contributed by atoms with Gasteiger partial charge < -0.3 is 24.3 Å². The number of rotatable bonds is 7. The molecule has 0 radical (unpaired) electrons. The molecule has 1 aromatic rings. The van der Waals surface area contributed by atoms with Crippen LogP contribution < -0.4 is 16.5 Å². The largest absolute Gasteiger partial charge is 0.465 e. The molecule has 10 nitrogen and oxygen atoms in total. The SMILES string of the molecule is CCOP(=O)(OCC)c1c(C(=O)OC)c(C)n(NC(=O)OC(C)(C)C)c1N. The first kappa shape index (κ1) is 23.0. The van der Waals surface area contributed by atoms with Crippen LogP contribution in [0.5, 0.6) is 0 Å². The highest BCUT2D eigenvalue weighted by Crippen LogP contribution is 2.50. The quantitative estimate of drug-likeness (QED) is 0.523. The molecule has 0 aliphatic rings. The normalized spacial score (nSPS) is 12.0. The predicted molar refractivity (Wildman–Crippen MR) is 101 cm³/mol. The van der Waals surface area contributed by atoms with Crippen molar-refractivity contribution in [2.75, 3.05) is 31.5 Å². The number of anilines is 1. The lowest BCUT2D eigenvalue weighted by atomic mass is 10.2. The number of nitrogens with one attached hydrogen (secondary N) is 1. The van der Waals surface area contributed by atoms with Crippen LogP contribution in [0, 0.1) is 6.92 Å². The van der Waals surface area contributed by atoms with Crippen LogP contribution in [0.15, 0.2) is 0 Å². The van der Waals surface area contributed by atoms with Crippen molar-refractivity contribution in [1.29, 1.82) is 0 Å². The number of carbonyl (C=O) groups excluding carboxylic acids is 2. The fourth-order valence-electron chi connectivity index (χ4n) is 2.36. The maximum atomic E-state index is 13.3. The van der Waals surface area contributed by atoms with E-state index in [1.165, 1.54) is 14.0 Å². The van der Waals surface area contributed by atoms with E-state index in [1.807, 2.05) is 0 Å². The molecule has 11 heteroatoms. The zero-order valence-corrected chi connectivity index (χ0v) is 17.6. The van der Waals surface area contributed by atoms with Crippen LogP contribution in [-0.4, -0.2) is 42.7 Å².